The van der Waals surface area contributed by atoms with Crippen LogP contribution >= 0.6 is 11.8 Å². The van der Waals surface area contributed by atoms with E-state index in [9.17, 15) is 46.7 Å². The van der Waals surface area contributed by atoms with E-state index in [0.717, 1.165) is 37.5 Å². The molecule has 3 fully saturated rings. The molecule has 22 heteroatoms. The second kappa shape index (κ2) is 26.3. The lowest BCUT2D eigenvalue weighted by Gasteiger charge is -2.31. The minimum Gasteiger partial charge on any atom is -0.427 e. The number of carbonyl (C=O) groups is 7. The predicted molar refractivity (Wildman–Crippen MR) is 256 cm³/mol. The minimum atomic E-state index is -4.76. The summed E-state index contributed by atoms with van der Waals surface area (Å²) >= 11 is 1.88. The van der Waals surface area contributed by atoms with Crippen molar-refractivity contribution in [1.29, 1.82) is 0 Å². The molecule has 1 spiro atoms. The van der Waals surface area contributed by atoms with Crippen molar-refractivity contribution in [3.05, 3.63) is 64.7 Å². The number of benzene rings is 2. The number of nitrogens with one attached hydrogen (secondary N) is 5. The van der Waals surface area contributed by atoms with E-state index >= 15 is 0 Å². The van der Waals surface area contributed by atoms with Crippen LogP contribution in [0.4, 0.5) is 28.4 Å². The summed E-state index contributed by atoms with van der Waals surface area (Å²) < 4.78 is 63.9. The molecule has 4 aliphatic rings. The second-order valence-corrected chi connectivity index (χ2v) is 19.5. The van der Waals surface area contributed by atoms with Crippen molar-refractivity contribution in [3.8, 4) is 0 Å². The molecule has 5 N–H and O–H groups in total. The van der Waals surface area contributed by atoms with Crippen LogP contribution in [0, 0.1) is 6.92 Å². The van der Waals surface area contributed by atoms with E-state index in [4.69, 9.17) is 18.9 Å². The van der Waals surface area contributed by atoms with Crippen LogP contribution < -0.4 is 26.6 Å². The van der Waals surface area contributed by atoms with Crippen molar-refractivity contribution in [3.63, 3.8) is 0 Å². The number of alkyl halides is 3. The Kier molecular flexibility index (Phi) is 20.3. The van der Waals surface area contributed by atoms with Crippen LogP contribution in [0.15, 0.2) is 42.5 Å². The van der Waals surface area contributed by atoms with Gasteiger partial charge in [0, 0.05) is 80.8 Å². The quantitative estimate of drug-likeness (QED) is 0.0537. The number of amides is 8. The monoisotopic (exact) mass is 1020 g/mol. The highest BCUT2D eigenvalue weighted by molar-refractivity contribution is 8.00. The van der Waals surface area contributed by atoms with Gasteiger partial charge < -0.3 is 50.4 Å². The number of fused-ring (bicyclic) bond motifs is 3. The summed E-state index contributed by atoms with van der Waals surface area (Å²) in [6.45, 7) is 4.89. The third-order valence-corrected chi connectivity index (χ3v) is 14.4. The van der Waals surface area contributed by atoms with Crippen molar-refractivity contribution < 1.29 is 65.7 Å². The number of ether oxygens (including phenoxy) is 4. The standard InChI is InChI=1S/C49H66F3N7O11S/c1-32-12-14-34(15-13-32)29-58(33(2)49(50,51)52)43(63)30-59-45(64)48(70-47(59)66)19-18-35-28-36(16-17-37(35)48)55-42(62)11-5-10-41(61)54-21-7-23-68-25-27-69-26-24-67-22-6-20-53-40(60)9-4-3-8-39-44-38(31-71-39)56-46(65)57-44/h12-17,28,33,38-39,44H,3-11,18-27,29-31H2,1-2H3,(H,53,60)(H,54,61)(H,55,62)(H2,56,57,65)/t33-,38-,39-,44-,48+/m0/s1. The predicted octanol–water partition coefficient (Wildman–Crippen LogP) is 4.99. The Morgan fingerprint density at radius 2 is 1.48 bits per heavy atom. The largest absolute Gasteiger partial charge is 0.427 e. The Bertz CT molecular complexity index is 2190. The Balaban J connectivity index is 0.761. The van der Waals surface area contributed by atoms with E-state index in [1.54, 1.807) is 42.5 Å². The van der Waals surface area contributed by atoms with E-state index in [-0.39, 0.29) is 68.1 Å². The number of rotatable bonds is 29. The molecule has 18 nitrogen and oxygen atoms in total. The fourth-order valence-electron chi connectivity index (χ4n) is 8.89. The fraction of sp³-hybridized carbons (Fsp3) is 0.612. The summed E-state index contributed by atoms with van der Waals surface area (Å²) in [7, 11) is 0. The summed E-state index contributed by atoms with van der Waals surface area (Å²) in [6, 6.07) is 9.52. The van der Waals surface area contributed by atoms with Gasteiger partial charge in [-0.1, -0.05) is 42.3 Å². The van der Waals surface area contributed by atoms with Crippen LogP contribution in [0.5, 0.6) is 0 Å². The topological polar surface area (TPSA) is 223 Å². The van der Waals surface area contributed by atoms with Gasteiger partial charge in [0.1, 0.15) is 12.6 Å². The molecular weight excluding hydrogens is 952 g/mol. The molecule has 2 aromatic carbocycles. The average Bonchev–Trinajstić information content (AvgIpc) is 4.06. The Labute approximate surface area is 415 Å². The van der Waals surface area contributed by atoms with Gasteiger partial charge in [0.25, 0.3) is 5.91 Å². The molecule has 0 bridgehead atoms. The number of anilines is 1. The first-order chi connectivity index (χ1) is 34.0. The SMILES string of the molecule is Cc1ccc(CN(C(=O)CN2C(=O)O[C@@]3(CCc4cc(NC(=O)CCCC(=O)NCCCOCCOCCOCCCNC(=O)CCCC[C@@H]5SC[C@@H]6NC(=O)N[C@@H]65)ccc43)C2=O)[C@@H](C)C(F)(F)F)cc1. The van der Waals surface area contributed by atoms with Gasteiger partial charge in [-0.15, -0.1) is 0 Å². The maximum absolute atomic E-state index is 13.9. The highest BCUT2D eigenvalue weighted by Gasteiger charge is 2.59. The second-order valence-electron chi connectivity index (χ2n) is 18.2. The van der Waals surface area contributed by atoms with Crippen LogP contribution in [0.1, 0.15) is 93.4 Å². The molecule has 0 saturated carbocycles. The minimum absolute atomic E-state index is 0.0387. The smallest absolute Gasteiger partial charge is 0.418 e. The number of hydrogen-bond acceptors (Lipinski definition) is 12. The van der Waals surface area contributed by atoms with Gasteiger partial charge in [-0.3, -0.25) is 24.0 Å². The highest BCUT2D eigenvalue weighted by Crippen LogP contribution is 2.46. The van der Waals surface area contributed by atoms with Gasteiger partial charge in [-0.2, -0.15) is 24.9 Å². The molecule has 8 amide bonds. The number of hydrogen-bond donors (Lipinski definition) is 5. The van der Waals surface area contributed by atoms with Crippen molar-refractivity contribution in [1.82, 2.24) is 31.1 Å². The Morgan fingerprint density at radius 3 is 2.14 bits per heavy atom. The Morgan fingerprint density at radius 1 is 0.845 bits per heavy atom. The van der Waals surface area contributed by atoms with Gasteiger partial charge in [0.2, 0.25) is 29.2 Å². The third kappa shape index (κ3) is 15.8. The first-order valence-corrected chi connectivity index (χ1v) is 25.4. The number of unbranched alkanes of at least 4 members (excludes halogenated alkanes) is 1. The number of urea groups is 1. The lowest BCUT2D eigenvalue weighted by atomic mass is 9.94. The van der Waals surface area contributed by atoms with Gasteiger partial charge in [-0.05, 0) is 75.6 Å². The normalized spacial score (nSPS) is 20.5. The maximum atomic E-state index is 13.9. The maximum Gasteiger partial charge on any atom is 0.418 e. The molecule has 390 valence electrons. The van der Waals surface area contributed by atoms with E-state index in [1.165, 1.54) is 0 Å². The van der Waals surface area contributed by atoms with Gasteiger partial charge in [-0.25, -0.2) is 14.5 Å². The number of thioether (sulfide) groups is 1. The van der Waals surface area contributed by atoms with Crippen LogP contribution in [0.3, 0.4) is 0 Å². The van der Waals surface area contributed by atoms with E-state index in [1.807, 2.05) is 18.7 Å². The fourth-order valence-corrected chi connectivity index (χ4v) is 10.4. The zero-order valence-corrected chi connectivity index (χ0v) is 41.2. The molecule has 3 heterocycles. The van der Waals surface area contributed by atoms with E-state index < -0.39 is 42.3 Å². The van der Waals surface area contributed by atoms with E-state index in [2.05, 4.69) is 26.6 Å². The zero-order chi connectivity index (χ0) is 51.0. The first-order valence-electron chi connectivity index (χ1n) is 24.4. The van der Waals surface area contributed by atoms with Gasteiger partial charge >= 0.3 is 18.3 Å². The molecule has 71 heavy (non-hydrogen) atoms. The van der Waals surface area contributed by atoms with Gasteiger partial charge in [0.05, 0.1) is 38.5 Å². The lowest BCUT2D eigenvalue weighted by molar-refractivity contribution is -0.187. The van der Waals surface area contributed by atoms with Crippen LogP contribution in [0.25, 0.3) is 0 Å². The Hall–Kier alpha value is -5.45. The van der Waals surface area contributed by atoms with Crippen LogP contribution in [-0.4, -0.2) is 146 Å². The molecule has 2 aromatic rings. The van der Waals surface area contributed by atoms with Crippen LogP contribution in [0.2, 0.25) is 0 Å². The third-order valence-electron chi connectivity index (χ3n) is 12.9. The van der Waals surface area contributed by atoms with Crippen molar-refractivity contribution in [2.24, 2.45) is 0 Å². The molecule has 0 unspecified atom stereocenters. The zero-order valence-electron chi connectivity index (χ0n) is 40.3. The van der Waals surface area contributed by atoms with Gasteiger partial charge in [0.15, 0.2) is 0 Å². The molecule has 0 radical (unpaired) electrons. The molecule has 3 saturated heterocycles. The summed E-state index contributed by atoms with van der Waals surface area (Å²) in [5.74, 6) is -1.48. The summed E-state index contributed by atoms with van der Waals surface area (Å²) in [5.41, 5.74) is 0.991. The molecular formula is C49H66F3N7O11S. The van der Waals surface area contributed by atoms with E-state index in [0.29, 0.717) is 116 Å². The summed E-state index contributed by atoms with van der Waals surface area (Å²) in [4.78, 5) is 90.1. The number of nitrogens with zero attached hydrogens (tertiary/aromatic N) is 2. The average molecular weight is 1020 g/mol. The van der Waals surface area contributed by atoms with Crippen molar-refractivity contribution in [2.75, 3.05) is 70.3 Å². The highest BCUT2D eigenvalue weighted by atomic mass is 32.2. The van der Waals surface area contributed by atoms with Crippen molar-refractivity contribution >= 4 is 59.1 Å². The molecule has 5 atom stereocenters. The summed E-state index contributed by atoms with van der Waals surface area (Å²) in [6.07, 6.45) is -0.504. The number of halogens is 3. The molecule has 1 aliphatic carbocycles. The number of carbonyl (C=O) groups excluding carboxylic acids is 7. The lowest BCUT2D eigenvalue weighted by Crippen LogP contribution is -2.51. The summed E-state index contributed by atoms with van der Waals surface area (Å²) in [5, 5.41) is 14.9. The van der Waals surface area contributed by atoms with Crippen molar-refractivity contribution in [2.45, 2.75) is 126 Å². The molecule has 6 rings (SSSR count). The number of aryl methyl sites for hydroxylation is 2. The van der Waals surface area contributed by atoms with Crippen LogP contribution in [-0.2, 0) is 61.5 Å². The molecule has 3 aliphatic heterocycles. The first kappa shape index (κ1) is 54.9. The number of imide groups is 1. The molecule has 0 aromatic heterocycles.